The lowest BCUT2D eigenvalue weighted by Crippen LogP contribution is -2.37. The van der Waals surface area contributed by atoms with Gasteiger partial charge in [-0.05, 0) is 6.07 Å². The maximum atomic E-state index is 5.97. The van der Waals surface area contributed by atoms with Gasteiger partial charge in [-0.1, -0.05) is 18.2 Å². The number of aromatic nitrogens is 3. The molecule has 118 valence electrons. The number of guanidine groups is 1. The Kier molecular flexibility index (Phi) is 5.58. The van der Waals surface area contributed by atoms with Crippen molar-refractivity contribution in [3.05, 3.63) is 42.0 Å². The van der Waals surface area contributed by atoms with Gasteiger partial charge in [0.15, 0.2) is 11.8 Å². The fourth-order valence-electron chi connectivity index (χ4n) is 2.32. The minimum atomic E-state index is 0. The topological polar surface area (TPSA) is 90.4 Å². The molecule has 1 atom stereocenters. The van der Waals surface area contributed by atoms with Gasteiger partial charge in [0.05, 0.1) is 12.6 Å². The molecule has 3 rings (SSSR count). The number of nitrogens with zero attached hydrogens (tertiary/aromatic N) is 4. The van der Waals surface area contributed by atoms with Crippen molar-refractivity contribution in [1.82, 2.24) is 20.1 Å². The number of nitrogens with two attached hydrogens (primary N) is 1. The van der Waals surface area contributed by atoms with Crippen LogP contribution in [0.1, 0.15) is 23.9 Å². The summed E-state index contributed by atoms with van der Waals surface area (Å²) in [6, 6.07) is 8.10. The van der Waals surface area contributed by atoms with Crippen molar-refractivity contribution in [3.8, 4) is 5.75 Å². The molecule has 0 saturated heterocycles. The third kappa shape index (κ3) is 3.67. The van der Waals surface area contributed by atoms with Crippen LogP contribution in [0.4, 0.5) is 0 Å². The Morgan fingerprint density at radius 3 is 3.09 bits per heavy atom. The van der Waals surface area contributed by atoms with E-state index in [0.29, 0.717) is 19.1 Å². The van der Waals surface area contributed by atoms with Crippen LogP contribution in [-0.2, 0) is 13.6 Å². The minimum Gasteiger partial charge on any atom is -0.493 e. The number of aliphatic imine (C=N–C) groups is 1. The molecule has 0 amide bonds. The van der Waals surface area contributed by atoms with Crippen LogP contribution in [0.15, 0.2) is 35.6 Å². The highest BCUT2D eigenvalue weighted by Crippen LogP contribution is 2.31. The van der Waals surface area contributed by atoms with Crippen LogP contribution in [0.25, 0.3) is 0 Å². The van der Waals surface area contributed by atoms with Crippen LogP contribution in [0, 0.1) is 0 Å². The Bertz CT molecular complexity index is 656. The number of ether oxygens (including phenoxy) is 1. The number of hydrogen-bond acceptors (Lipinski definition) is 4. The number of hydrogen-bond donors (Lipinski definition) is 2. The average molecular weight is 414 g/mol. The van der Waals surface area contributed by atoms with E-state index >= 15 is 0 Å². The molecule has 2 aromatic rings. The van der Waals surface area contributed by atoms with Crippen LogP contribution >= 0.6 is 24.0 Å². The third-order valence-corrected chi connectivity index (χ3v) is 3.48. The van der Waals surface area contributed by atoms with Crippen LogP contribution in [-0.4, -0.2) is 27.3 Å². The highest BCUT2D eigenvalue weighted by Gasteiger charge is 2.21. The van der Waals surface area contributed by atoms with Gasteiger partial charge in [-0.15, -0.1) is 34.2 Å². The Labute approximate surface area is 146 Å². The summed E-state index contributed by atoms with van der Waals surface area (Å²) in [4.78, 5) is 4.31. The second-order valence-corrected chi connectivity index (χ2v) is 4.93. The number of nitrogens with one attached hydrogen (secondary N) is 1. The second kappa shape index (κ2) is 7.43. The van der Waals surface area contributed by atoms with Crippen molar-refractivity contribution in [2.24, 2.45) is 17.8 Å². The molecular weight excluding hydrogens is 395 g/mol. The molecule has 3 N–H and O–H groups in total. The molecule has 1 unspecified atom stereocenters. The summed E-state index contributed by atoms with van der Waals surface area (Å²) >= 11 is 0. The monoisotopic (exact) mass is 414 g/mol. The number of rotatable bonds is 3. The van der Waals surface area contributed by atoms with Gasteiger partial charge in [0.2, 0.25) is 0 Å². The first kappa shape index (κ1) is 16.5. The standard InChI is InChI=1S/C14H18N6O.HI/c1-20-9-17-19-13(20)8-16-14(15)18-11-6-7-21-12-5-3-2-4-10(11)12;/h2-5,9,11H,6-8H2,1H3,(H3,15,16,18);1H. The zero-order valence-electron chi connectivity index (χ0n) is 12.3. The van der Waals surface area contributed by atoms with Gasteiger partial charge < -0.3 is 20.4 Å². The molecule has 0 saturated carbocycles. The van der Waals surface area contributed by atoms with Crippen LogP contribution in [0.3, 0.4) is 0 Å². The lowest BCUT2D eigenvalue weighted by Gasteiger charge is -2.26. The third-order valence-electron chi connectivity index (χ3n) is 3.48. The van der Waals surface area contributed by atoms with Crippen molar-refractivity contribution >= 4 is 29.9 Å². The molecule has 0 fully saturated rings. The van der Waals surface area contributed by atoms with Crippen LogP contribution in [0.5, 0.6) is 5.75 Å². The summed E-state index contributed by atoms with van der Waals surface area (Å²) in [7, 11) is 1.88. The highest BCUT2D eigenvalue weighted by atomic mass is 127. The van der Waals surface area contributed by atoms with Crippen molar-refractivity contribution in [3.63, 3.8) is 0 Å². The van der Waals surface area contributed by atoms with E-state index in [2.05, 4.69) is 20.5 Å². The average Bonchev–Trinajstić information content (AvgIpc) is 2.91. The zero-order chi connectivity index (χ0) is 14.7. The molecular formula is C14H19IN6O. The first-order chi connectivity index (χ1) is 10.2. The molecule has 8 heteroatoms. The second-order valence-electron chi connectivity index (χ2n) is 4.93. The Morgan fingerprint density at radius 2 is 2.32 bits per heavy atom. The van der Waals surface area contributed by atoms with E-state index in [0.717, 1.165) is 23.6 Å². The van der Waals surface area contributed by atoms with Gasteiger partial charge in [-0.25, -0.2) is 4.99 Å². The minimum absolute atomic E-state index is 0. The van der Waals surface area contributed by atoms with Gasteiger partial charge in [0.25, 0.3) is 0 Å². The van der Waals surface area contributed by atoms with E-state index < -0.39 is 0 Å². The van der Waals surface area contributed by atoms with Gasteiger partial charge in [0, 0.05) is 19.0 Å². The highest BCUT2D eigenvalue weighted by molar-refractivity contribution is 14.0. The SMILES string of the molecule is Cn1cnnc1CN=C(N)NC1CCOc2ccccc21.I. The van der Waals surface area contributed by atoms with E-state index in [1.54, 1.807) is 6.33 Å². The van der Waals surface area contributed by atoms with Crippen molar-refractivity contribution in [2.75, 3.05) is 6.61 Å². The molecule has 1 aliphatic heterocycles. The zero-order valence-corrected chi connectivity index (χ0v) is 14.6. The summed E-state index contributed by atoms with van der Waals surface area (Å²) in [6.07, 6.45) is 2.50. The molecule has 1 aromatic heterocycles. The number of benzene rings is 1. The smallest absolute Gasteiger partial charge is 0.189 e. The maximum Gasteiger partial charge on any atom is 0.189 e. The van der Waals surface area contributed by atoms with E-state index in [9.17, 15) is 0 Å². The van der Waals surface area contributed by atoms with Gasteiger partial charge >= 0.3 is 0 Å². The van der Waals surface area contributed by atoms with E-state index in [4.69, 9.17) is 10.5 Å². The summed E-state index contributed by atoms with van der Waals surface area (Å²) in [5, 5.41) is 11.0. The molecule has 0 spiro atoms. The molecule has 22 heavy (non-hydrogen) atoms. The fraction of sp³-hybridized carbons (Fsp3) is 0.357. The molecule has 0 aliphatic carbocycles. The number of halogens is 1. The van der Waals surface area contributed by atoms with Crippen molar-refractivity contribution < 1.29 is 4.74 Å². The van der Waals surface area contributed by atoms with E-state index in [1.807, 2.05) is 35.9 Å². The number of para-hydroxylation sites is 1. The van der Waals surface area contributed by atoms with Crippen molar-refractivity contribution in [1.29, 1.82) is 0 Å². The number of aryl methyl sites for hydroxylation is 1. The summed E-state index contributed by atoms with van der Waals surface area (Å²) < 4.78 is 7.45. The lowest BCUT2D eigenvalue weighted by molar-refractivity contribution is 0.262. The molecule has 0 bridgehead atoms. The summed E-state index contributed by atoms with van der Waals surface area (Å²) in [6.45, 7) is 1.07. The first-order valence-corrected chi connectivity index (χ1v) is 6.85. The van der Waals surface area contributed by atoms with Gasteiger partial charge in [-0.3, -0.25) is 0 Å². The Balaban J connectivity index is 0.00000176. The fourth-order valence-corrected chi connectivity index (χ4v) is 2.32. The largest absolute Gasteiger partial charge is 0.493 e. The molecule has 7 nitrogen and oxygen atoms in total. The normalized spacial score (nSPS) is 17.1. The van der Waals surface area contributed by atoms with Crippen LogP contribution < -0.4 is 15.8 Å². The lowest BCUT2D eigenvalue weighted by atomic mass is 10.0. The van der Waals surface area contributed by atoms with E-state index in [1.165, 1.54) is 0 Å². The van der Waals surface area contributed by atoms with Crippen LogP contribution in [0.2, 0.25) is 0 Å². The maximum absolute atomic E-state index is 5.97. The van der Waals surface area contributed by atoms with Gasteiger partial charge in [-0.2, -0.15) is 0 Å². The Morgan fingerprint density at radius 1 is 1.50 bits per heavy atom. The first-order valence-electron chi connectivity index (χ1n) is 6.85. The molecule has 1 aliphatic rings. The summed E-state index contributed by atoms with van der Waals surface area (Å²) in [5.74, 6) is 2.08. The predicted octanol–water partition coefficient (Wildman–Crippen LogP) is 1.36. The quantitative estimate of drug-likeness (QED) is 0.450. The molecule has 0 radical (unpaired) electrons. The van der Waals surface area contributed by atoms with Crippen molar-refractivity contribution in [2.45, 2.75) is 19.0 Å². The van der Waals surface area contributed by atoms with Gasteiger partial charge in [0.1, 0.15) is 18.6 Å². The summed E-state index contributed by atoms with van der Waals surface area (Å²) in [5.41, 5.74) is 7.08. The van der Waals surface area contributed by atoms with E-state index in [-0.39, 0.29) is 30.0 Å². The predicted molar refractivity (Wildman–Crippen MR) is 94.2 cm³/mol. The number of fused-ring (bicyclic) bond motifs is 1. The molecule has 1 aromatic carbocycles. The molecule has 2 heterocycles. The Hall–Kier alpha value is -1.84.